The lowest BCUT2D eigenvalue weighted by atomic mass is 9.98. The third-order valence-electron chi connectivity index (χ3n) is 6.44. The first kappa shape index (κ1) is 19.4. The van der Waals surface area contributed by atoms with Gasteiger partial charge in [-0.05, 0) is 56.7 Å². The Labute approximate surface area is 180 Å². The highest BCUT2D eigenvalue weighted by Crippen LogP contribution is 2.43. The minimum Gasteiger partial charge on any atom is -0.348 e. The maximum absolute atomic E-state index is 13.3. The Morgan fingerprint density at radius 2 is 1.94 bits per heavy atom. The molecule has 0 bridgehead atoms. The molecule has 7 nitrogen and oxygen atoms in total. The molecule has 0 spiro atoms. The normalized spacial score (nSPS) is 20.2. The Kier molecular flexibility index (Phi) is 4.36. The van der Waals surface area contributed by atoms with E-state index in [1.165, 1.54) is 4.90 Å². The van der Waals surface area contributed by atoms with Gasteiger partial charge in [0, 0.05) is 35.8 Å². The van der Waals surface area contributed by atoms with Crippen LogP contribution in [0, 0.1) is 0 Å². The number of fused-ring (bicyclic) bond motifs is 4. The van der Waals surface area contributed by atoms with Gasteiger partial charge >= 0.3 is 0 Å². The smallest absolute Gasteiger partial charge is 0.258 e. The number of aromatic nitrogens is 1. The minimum atomic E-state index is -0.845. The standard InChI is InChI=1S/C24H24N4O3/c1-3-26-13-11-16-14-17(8-9-19(16)26)25-21(29)15-27-23(31)18-6-4-5-7-20(18)28-22(30)10-12-24(27,28)2/h4-9,11,13-14H,3,10,12,15H2,1-2H3,(H,25,29). The Morgan fingerprint density at radius 3 is 2.74 bits per heavy atom. The van der Waals surface area contributed by atoms with Crippen molar-refractivity contribution in [1.29, 1.82) is 0 Å². The number of nitrogens with one attached hydrogen (secondary N) is 1. The third-order valence-corrected chi connectivity index (χ3v) is 6.44. The predicted octanol–water partition coefficient (Wildman–Crippen LogP) is 3.60. The quantitative estimate of drug-likeness (QED) is 0.706. The third kappa shape index (κ3) is 2.91. The van der Waals surface area contributed by atoms with E-state index in [2.05, 4.69) is 16.8 Å². The number of hydrogen-bond donors (Lipinski definition) is 1. The molecule has 3 amide bonds. The molecule has 1 N–H and O–H groups in total. The molecular formula is C24H24N4O3. The van der Waals surface area contributed by atoms with Crippen molar-refractivity contribution < 1.29 is 14.4 Å². The van der Waals surface area contributed by atoms with Crippen molar-refractivity contribution in [3.05, 3.63) is 60.3 Å². The topological polar surface area (TPSA) is 74.7 Å². The molecule has 1 unspecified atom stereocenters. The number of benzene rings is 2. The highest BCUT2D eigenvalue weighted by atomic mass is 16.2. The zero-order valence-corrected chi connectivity index (χ0v) is 17.6. The summed E-state index contributed by atoms with van der Waals surface area (Å²) in [5.74, 6) is -0.545. The number of nitrogens with zero attached hydrogens (tertiary/aromatic N) is 3. The fourth-order valence-corrected chi connectivity index (χ4v) is 4.84. The highest BCUT2D eigenvalue weighted by molar-refractivity contribution is 6.11. The molecule has 158 valence electrons. The van der Waals surface area contributed by atoms with Crippen LogP contribution in [0.25, 0.3) is 10.9 Å². The fourth-order valence-electron chi connectivity index (χ4n) is 4.84. The van der Waals surface area contributed by atoms with E-state index in [1.807, 2.05) is 43.5 Å². The van der Waals surface area contributed by atoms with E-state index < -0.39 is 5.66 Å². The van der Waals surface area contributed by atoms with Crippen molar-refractivity contribution in [1.82, 2.24) is 9.47 Å². The van der Waals surface area contributed by atoms with Crippen LogP contribution in [0.1, 0.15) is 37.0 Å². The Bertz CT molecular complexity index is 1230. The highest BCUT2D eigenvalue weighted by Gasteiger charge is 2.53. The average molecular weight is 416 g/mol. The molecule has 2 aliphatic heterocycles. The summed E-state index contributed by atoms with van der Waals surface area (Å²) in [6, 6.07) is 14.9. The zero-order valence-electron chi connectivity index (χ0n) is 17.6. The summed E-state index contributed by atoms with van der Waals surface area (Å²) in [5.41, 5.74) is 2.02. The van der Waals surface area contributed by atoms with Crippen LogP contribution in [0.4, 0.5) is 11.4 Å². The number of aryl methyl sites for hydroxylation is 1. The SMILES string of the molecule is CCn1ccc2cc(NC(=O)CN3C(=O)c4ccccc4N4C(=O)CCC34C)ccc21. The number of amides is 3. The van der Waals surface area contributed by atoms with E-state index in [9.17, 15) is 14.4 Å². The molecule has 0 saturated carbocycles. The molecule has 31 heavy (non-hydrogen) atoms. The summed E-state index contributed by atoms with van der Waals surface area (Å²) in [4.78, 5) is 42.1. The molecule has 1 atom stereocenters. The van der Waals surface area contributed by atoms with E-state index >= 15 is 0 Å². The fraction of sp³-hybridized carbons (Fsp3) is 0.292. The van der Waals surface area contributed by atoms with Crippen LogP contribution >= 0.6 is 0 Å². The average Bonchev–Trinajstić information content (AvgIpc) is 3.31. The monoisotopic (exact) mass is 416 g/mol. The molecule has 1 saturated heterocycles. The summed E-state index contributed by atoms with van der Waals surface area (Å²) in [7, 11) is 0. The van der Waals surface area contributed by atoms with Crippen LogP contribution in [0.3, 0.4) is 0 Å². The Morgan fingerprint density at radius 1 is 1.13 bits per heavy atom. The van der Waals surface area contributed by atoms with Gasteiger partial charge in [0.15, 0.2) is 0 Å². The zero-order chi connectivity index (χ0) is 21.8. The van der Waals surface area contributed by atoms with Gasteiger partial charge < -0.3 is 14.8 Å². The predicted molar refractivity (Wildman–Crippen MR) is 119 cm³/mol. The summed E-state index contributed by atoms with van der Waals surface area (Å²) in [6.45, 7) is 4.70. The van der Waals surface area contributed by atoms with E-state index in [0.717, 1.165) is 17.4 Å². The number of carbonyl (C=O) groups excluding carboxylic acids is 3. The minimum absolute atomic E-state index is 0.0289. The lowest BCUT2D eigenvalue weighted by Crippen LogP contribution is -2.63. The molecular weight excluding hydrogens is 392 g/mol. The van der Waals surface area contributed by atoms with Crippen molar-refractivity contribution in [2.75, 3.05) is 16.8 Å². The van der Waals surface area contributed by atoms with Gasteiger partial charge in [-0.3, -0.25) is 19.3 Å². The molecule has 5 rings (SSSR count). The maximum Gasteiger partial charge on any atom is 0.258 e. The van der Waals surface area contributed by atoms with Crippen molar-refractivity contribution >= 4 is 40.0 Å². The van der Waals surface area contributed by atoms with E-state index in [-0.39, 0.29) is 24.3 Å². The lowest BCUT2D eigenvalue weighted by Gasteiger charge is -2.48. The Balaban J connectivity index is 1.42. The molecule has 0 radical (unpaired) electrons. The Hall–Kier alpha value is -3.61. The molecule has 3 aromatic rings. The second kappa shape index (κ2) is 6.97. The molecule has 2 aromatic carbocycles. The first-order valence-corrected chi connectivity index (χ1v) is 10.5. The van der Waals surface area contributed by atoms with Crippen molar-refractivity contribution in [3.8, 4) is 0 Å². The van der Waals surface area contributed by atoms with Crippen molar-refractivity contribution in [2.45, 2.75) is 38.9 Å². The van der Waals surface area contributed by atoms with Crippen LogP contribution in [-0.4, -0.2) is 39.4 Å². The van der Waals surface area contributed by atoms with Gasteiger partial charge in [0.25, 0.3) is 5.91 Å². The maximum atomic E-state index is 13.3. The molecule has 7 heteroatoms. The van der Waals surface area contributed by atoms with Gasteiger partial charge in [-0.2, -0.15) is 0 Å². The van der Waals surface area contributed by atoms with Crippen molar-refractivity contribution in [2.24, 2.45) is 0 Å². The van der Waals surface area contributed by atoms with Gasteiger partial charge in [0.1, 0.15) is 12.2 Å². The molecule has 1 aromatic heterocycles. The van der Waals surface area contributed by atoms with Crippen LogP contribution in [0.2, 0.25) is 0 Å². The first-order valence-electron chi connectivity index (χ1n) is 10.5. The van der Waals surface area contributed by atoms with E-state index in [0.29, 0.717) is 29.8 Å². The lowest BCUT2D eigenvalue weighted by molar-refractivity contribution is -0.120. The summed E-state index contributed by atoms with van der Waals surface area (Å²) < 4.78 is 2.14. The molecule has 2 aliphatic rings. The number of anilines is 2. The van der Waals surface area contributed by atoms with E-state index in [1.54, 1.807) is 23.1 Å². The van der Waals surface area contributed by atoms with Crippen molar-refractivity contribution in [3.63, 3.8) is 0 Å². The van der Waals surface area contributed by atoms with Gasteiger partial charge in [0.05, 0.1) is 11.3 Å². The number of rotatable bonds is 4. The van der Waals surface area contributed by atoms with Gasteiger partial charge in [0.2, 0.25) is 11.8 Å². The summed E-state index contributed by atoms with van der Waals surface area (Å²) in [5, 5.41) is 3.96. The van der Waals surface area contributed by atoms with Crippen LogP contribution in [0.15, 0.2) is 54.7 Å². The first-order chi connectivity index (χ1) is 14.9. The number of para-hydroxylation sites is 1. The van der Waals surface area contributed by atoms with Gasteiger partial charge in [-0.25, -0.2) is 0 Å². The van der Waals surface area contributed by atoms with Gasteiger partial charge in [-0.15, -0.1) is 0 Å². The number of carbonyl (C=O) groups is 3. The van der Waals surface area contributed by atoms with E-state index in [4.69, 9.17) is 0 Å². The number of hydrogen-bond acceptors (Lipinski definition) is 3. The van der Waals surface area contributed by atoms with Crippen LogP contribution < -0.4 is 10.2 Å². The molecule has 3 heterocycles. The van der Waals surface area contributed by atoms with Crippen LogP contribution in [0.5, 0.6) is 0 Å². The van der Waals surface area contributed by atoms with Crippen LogP contribution in [-0.2, 0) is 16.1 Å². The van der Waals surface area contributed by atoms with Gasteiger partial charge in [-0.1, -0.05) is 12.1 Å². The molecule has 0 aliphatic carbocycles. The summed E-state index contributed by atoms with van der Waals surface area (Å²) >= 11 is 0. The second-order valence-corrected chi connectivity index (χ2v) is 8.28. The molecule has 1 fully saturated rings. The largest absolute Gasteiger partial charge is 0.348 e. The summed E-state index contributed by atoms with van der Waals surface area (Å²) in [6.07, 6.45) is 2.86. The second-order valence-electron chi connectivity index (χ2n) is 8.28.